The van der Waals surface area contributed by atoms with E-state index >= 15 is 0 Å². The summed E-state index contributed by atoms with van der Waals surface area (Å²) >= 11 is 0. The largest absolute Gasteiger partial charge is 0.326 e. The molecule has 0 aliphatic heterocycles. The van der Waals surface area contributed by atoms with Crippen LogP contribution in [0, 0.1) is 0 Å². The van der Waals surface area contributed by atoms with Crippen LogP contribution >= 0.6 is 0 Å². The first-order valence-corrected chi connectivity index (χ1v) is 8.75. The number of carbonyl (C=O) groups excluding carboxylic acids is 1. The Morgan fingerprint density at radius 1 is 1.17 bits per heavy atom. The van der Waals surface area contributed by atoms with Crippen LogP contribution in [0.3, 0.4) is 0 Å². The molecule has 1 aromatic carbocycles. The van der Waals surface area contributed by atoms with Gasteiger partial charge in [0.15, 0.2) is 0 Å². The molecule has 0 radical (unpaired) electrons. The lowest BCUT2D eigenvalue weighted by Gasteiger charge is -2.23. The van der Waals surface area contributed by atoms with E-state index in [4.69, 9.17) is 0 Å². The second kappa shape index (κ2) is 6.00. The fourth-order valence-corrected chi connectivity index (χ4v) is 3.99. The van der Waals surface area contributed by atoms with Gasteiger partial charge in [-0.2, -0.15) is 0 Å². The topological polar surface area (TPSA) is 79.4 Å². The summed E-state index contributed by atoms with van der Waals surface area (Å²) in [5.41, 5.74) is 0.562. The molecule has 7 heteroatoms. The minimum atomic E-state index is -3.68. The van der Waals surface area contributed by atoms with E-state index < -0.39 is 10.0 Å². The molecule has 23 heavy (non-hydrogen) atoms. The lowest BCUT2D eigenvalue weighted by Crippen LogP contribution is -2.33. The van der Waals surface area contributed by atoms with Crippen molar-refractivity contribution in [2.75, 3.05) is 9.62 Å². The van der Waals surface area contributed by atoms with Crippen LogP contribution in [0.5, 0.6) is 0 Å². The molecule has 1 amide bonds. The second-order valence-corrected chi connectivity index (χ2v) is 7.24. The van der Waals surface area contributed by atoms with Gasteiger partial charge in [-0.3, -0.25) is 4.79 Å². The van der Waals surface area contributed by atoms with Gasteiger partial charge in [-0.15, -0.1) is 0 Å². The fourth-order valence-electron chi connectivity index (χ4n) is 2.33. The SMILES string of the molecule is CC(=O)Nc1ccc(S(=O)(=O)N(c2ccccn2)C2CC2)cc1. The molecule has 3 rings (SSSR count). The zero-order valence-electron chi connectivity index (χ0n) is 12.6. The molecule has 1 aliphatic carbocycles. The standard InChI is InChI=1S/C16H17N3O3S/c1-12(20)18-13-5-9-15(10-6-13)23(21,22)19(14-7-8-14)16-4-2-3-11-17-16/h2-6,9-11,14H,7-8H2,1H3,(H,18,20). The molecule has 0 spiro atoms. The summed E-state index contributed by atoms with van der Waals surface area (Å²) in [5, 5.41) is 2.62. The Hall–Kier alpha value is -2.41. The lowest BCUT2D eigenvalue weighted by atomic mass is 10.3. The molecule has 1 saturated carbocycles. The molecular weight excluding hydrogens is 314 g/mol. The molecular formula is C16H17N3O3S. The molecule has 120 valence electrons. The lowest BCUT2D eigenvalue weighted by molar-refractivity contribution is -0.114. The van der Waals surface area contributed by atoms with E-state index in [1.54, 1.807) is 36.5 Å². The number of amides is 1. The van der Waals surface area contributed by atoms with Crippen LogP contribution in [0.1, 0.15) is 19.8 Å². The normalized spacial score (nSPS) is 14.3. The number of rotatable bonds is 5. The molecule has 0 bridgehead atoms. The van der Waals surface area contributed by atoms with E-state index in [2.05, 4.69) is 10.3 Å². The quantitative estimate of drug-likeness (QED) is 0.912. The predicted octanol–water partition coefficient (Wildman–Crippen LogP) is 2.40. The Morgan fingerprint density at radius 2 is 1.87 bits per heavy atom. The predicted molar refractivity (Wildman–Crippen MR) is 87.7 cm³/mol. The first kappa shape index (κ1) is 15.5. The molecule has 1 fully saturated rings. The van der Waals surface area contributed by atoms with Crippen LogP contribution in [0.15, 0.2) is 53.6 Å². The van der Waals surface area contributed by atoms with Crippen LogP contribution in [-0.4, -0.2) is 25.4 Å². The van der Waals surface area contributed by atoms with Crippen molar-refractivity contribution >= 4 is 27.4 Å². The van der Waals surface area contributed by atoms with Gasteiger partial charge in [-0.25, -0.2) is 17.7 Å². The van der Waals surface area contributed by atoms with Gasteiger partial charge >= 0.3 is 0 Å². The number of pyridine rings is 1. The molecule has 0 atom stereocenters. The molecule has 0 unspecified atom stereocenters. The molecule has 1 N–H and O–H groups in total. The Balaban J connectivity index is 1.94. The van der Waals surface area contributed by atoms with Crippen molar-refractivity contribution in [2.24, 2.45) is 0 Å². The number of nitrogens with one attached hydrogen (secondary N) is 1. The van der Waals surface area contributed by atoms with Crippen LogP contribution in [-0.2, 0) is 14.8 Å². The Bertz CT molecular complexity index is 800. The van der Waals surface area contributed by atoms with Gasteiger partial charge in [0, 0.05) is 24.8 Å². The number of benzene rings is 1. The number of carbonyl (C=O) groups is 1. The number of nitrogens with zero attached hydrogens (tertiary/aromatic N) is 2. The zero-order valence-corrected chi connectivity index (χ0v) is 13.5. The van der Waals surface area contributed by atoms with E-state index in [0.29, 0.717) is 11.5 Å². The second-order valence-electron chi connectivity index (χ2n) is 5.43. The van der Waals surface area contributed by atoms with Crippen molar-refractivity contribution in [1.29, 1.82) is 0 Å². The summed E-state index contributed by atoms with van der Waals surface area (Å²) in [6.45, 7) is 1.40. The van der Waals surface area contributed by atoms with Gasteiger partial charge in [0.2, 0.25) is 5.91 Å². The Morgan fingerprint density at radius 3 is 2.39 bits per heavy atom. The third-order valence-electron chi connectivity index (χ3n) is 3.49. The van der Waals surface area contributed by atoms with Gasteiger partial charge < -0.3 is 5.32 Å². The highest BCUT2D eigenvalue weighted by Gasteiger charge is 2.39. The third-order valence-corrected chi connectivity index (χ3v) is 5.36. The summed E-state index contributed by atoms with van der Waals surface area (Å²) in [5.74, 6) is 0.231. The summed E-state index contributed by atoms with van der Waals surface area (Å²) < 4.78 is 27.3. The van der Waals surface area contributed by atoms with E-state index in [1.165, 1.54) is 23.4 Å². The Kier molecular flexibility index (Phi) is 4.04. The molecule has 1 aromatic heterocycles. The van der Waals surface area contributed by atoms with Crippen molar-refractivity contribution in [3.63, 3.8) is 0 Å². The van der Waals surface area contributed by atoms with Crippen LogP contribution < -0.4 is 9.62 Å². The highest BCUT2D eigenvalue weighted by atomic mass is 32.2. The zero-order chi connectivity index (χ0) is 16.4. The molecule has 6 nitrogen and oxygen atoms in total. The average Bonchev–Trinajstić information content (AvgIpc) is 3.33. The van der Waals surface area contributed by atoms with Crippen LogP contribution in [0.4, 0.5) is 11.5 Å². The maximum Gasteiger partial charge on any atom is 0.265 e. The highest BCUT2D eigenvalue weighted by Crippen LogP contribution is 2.35. The van der Waals surface area contributed by atoms with Crippen molar-refractivity contribution in [3.05, 3.63) is 48.7 Å². The maximum absolute atomic E-state index is 12.9. The van der Waals surface area contributed by atoms with Crippen molar-refractivity contribution in [1.82, 2.24) is 4.98 Å². The third kappa shape index (κ3) is 3.34. The summed E-state index contributed by atoms with van der Waals surface area (Å²) in [6, 6.07) is 11.3. The van der Waals surface area contributed by atoms with Crippen molar-refractivity contribution in [3.8, 4) is 0 Å². The number of aromatic nitrogens is 1. The molecule has 1 heterocycles. The van der Waals surface area contributed by atoms with Crippen molar-refractivity contribution < 1.29 is 13.2 Å². The minimum absolute atomic E-state index is 0.0371. The first-order valence-electron chi connectivity index (χ1n) is 7.31. The van der Waals surface area contributed by atoms with Crippen LogP contribution in [0.2, 0.25) is 0 Å². The van der Waals surface area contributed by atoms with E-state index in [0.717, 1.165) is 12.8 Å². The monoisotopic (exact) mass is 331 g/mol. The van der Waals surface area contributed by atoms with Gasteiger partial charge in [0.25, 0.3) is 10.0 Å². The molecule has 2 aromatic rings. The number of anilines is 2. The summed E-state index contributed by atoms with van der Waals surface area (Å²) in [4.78, 5) is 15.4. The van der Waals surface area contributed by atoms with E-state index in [1.807, 2.05) is 0 Å². The van der Waals surface area contributed by atoms with Gasteiger partial charge in [0.05, 0.1) is 4.90 Å². The van der Waals surface area contributed by atoms with Crippen LogP contribution in [0.25, 0.3) is 0 Å². The molecule has 0 saturated heterocycles. The average molecular weight is 331 g/mol. The maximum atomic E-state index is 12.9. The van der Waals surface area contributed by atoms with Gasteiger partial charge in [-0.05, 0) is 49.2 Å². The van der Waals surface area contributed by atoms with E-state index in [9.17, 15) is 13.2 Å². The molecule has 1 aliphatic rings. The van der Waals surface area contributed by atoms with Gasteiger partial charge in [-0.1, -0.05) is 6.07 Å². The minimum Gasteiger partial charge on any atom is -0.326 e. The number of sulfonamides is 1. The Labute approximate surface area is 135 Å². The highest BCUT2D eigenvalue weighted by molar-refractivity contribution is 7.92. The smallest absolute Gasteiger partial charge is 0.265 e. The van der Waals surface area contributed by atoms with Crippen molar-refractivity contribution in [2.45, 2.75) is 30.7 Å². The summed E-state index contributed by atoms with van der Waals surface area (Å²) in [7, 11) is -3.68. The van der Waals surface area contributed by atoms with E-state index in [-0.39, 0.29) is 16.8 Å². The fraction of sp³-hybridized carbons (Fsp3) is 0.250. The first-order chi connectivity index (χ1) is 11.0. The number of hydrogen-bond acceptors (Lipinski definition) is 4. The van der Waals surface area contributed by atoms with Gasteiger partial charge in [0.1, 0.15) is 5.82 Å². The summed E-state index contributed by atoms with van der Waals surface area (Å²) in [6.07, 6.45) is 3.25. The number of hydrogen-bond donors (Lipinski definition) is 1.